The number of thiazole rings is 1. The van der Waals surface area contributed by atoms with E-state index in [0.29, 0.717) is 36.0 Å². The Kier molecular flexibility index (Phi) is 5.80. The SMILES string of the molecule is O=C(NC1CCOCC1)c1ccc2c(c1)sc1nc(-c3ccc(C4CCNCC4)cc3F)cn12. The predicted molar refractivity (Wildman–Crippen MR) is 132 cm³/mol. The highest BCUT2D eigenvalue weighted by molar-refractivity contribution is 7.23. The lowest BCUT2D eigenvalue weighted by atomic mass is 9.89. The van der Waals surface area contributed by atoms with Crippen LogP contribution in [0.5, 0.6) is 0 Å². The van der Waals surface area contributed by atoms with Gasteiger partial charge >= 0.3 is 0 Å². The van der Waals surface area contributed by atoms with Gasteiger partial charge in [0.05, 0.1) is 15.9 Å². The molecular weight excluding hydrogens is 451 g/mol. The van der Waals surface area contributed by atoms with E-state index in [9.17, 15) is 4.79 Å². The van der Waals surface area contributed by atoms with Crippen LogP contribution in [0.15, 0.2) is 42.6 Å². The molecule has 2 N–H and O–H groups in total. The van der Waals surface area contributed by atoms with Crippen LogP contribution in [0.25, 0.3) is 26.4 Å². The van der Waals surface area contributed by atoms with Crippen LogP contribution in [0.1, 0.15) is 47.5 Å². The van der Waals surface area contributed by atoms with E-state index in [2.05, 4.69) is 10.6 Å². The smallest absolute Gasteiger partial charge is 0.251 e. The van der Waals surface area contributed by atoms with Gasteiger partial charge in [0.25, 0.3) is 5.91 Å². The molecule has 0 bridgehead atoms. The Bertz CT molecular complexity index is 1350. The number of hydrogen-bond acceptors (Lipinski definition) is 5. The number of imidazole rings is 1. The maximum Gasteiger partial charge on any atom is 0.251 e. The van der Waals surface area contributed by atoms with Crippen LogP contribution in [-0.4, -0.2) is 47.6 Å². The Morgan fingerprint density at radius 2 is 1.94 bits per heavy atom. The summed E-state index contributed by atoms with van der Waals surface area (Å²) in [5.74, 6) is 0.131. The van der Waals surface area contributed by atoms with Crippen LogP contribution >= 0.6 is 11.3 Å². The number of amides is 1. The molecule has 2 fully saturated rings. The molecular formula is C26H27FN4O2S. The molecule has 2 aliphatic heterocycles. The Morgan fingerprint density at radius 1 is 1.12 bits per heavy atom. The quantitative estimate of drug-likeness (QED) is 0.445. The summed E-state index contributed by atoms with van der Waals surface area (Å²) in [6, 6.07) is 11.5. The highest BCUT2D eigenvalue weighted by atomic mass is 32.1. The van der Waals surface area contributed by atoms with Gasteiger partial charge in [0.1, 0.15) is 5.82 Å². The van der Waals surface area contributed by atoms with E-state index in [1.54, 1.807) is 6.07 Å². The first-order chi connectivity index (χ1) is 16.7. The molecule has 0 saturated carbocycles. The molecule has 34 heavy (non-hydrogen) atoms. The molecule has 2 aliphatic rings. The number of benzene rings is 2. The third-order valence-electron chi connectivity index (χ3n) is 6.99. The highest BCUT2D eigenvalue weighted by Crippen LogP contribution is 2.33. The average Bonchev–Trinajstić information content (AvgIpc) is 3.42. The van der Waals surface area contributed by atoms with Crippen LogP contribution in [0.4, 0.5) is 4.39 Å². The fourth-order valence-corrected chi connectivity index (χ4v) is 6.08. The minimum absolute atomic E-state index is 0.0589. The molecule has 0 spiro atoms. The minimum Gasteiger partial charge on any atom is -0.381 e. The predicted octanol–water partition coefficient (Wildman–Crippen LogP) is 4.73. The Balaban J connectivity index is 1.25. The Morgan fingerprint density at radius 3 is 2.74 bits per heavy atom. The maximum atomic E-state index is 15.1. The zero-order valence-electron chi connectivity index (χ0n) is 18.9. The van der Waals surface area contributed by atoms with E-state index in [-0.39, 0.29) is 17.8 Å². The second-order valence-corrected chi connectivity index (χ2v) is 10.2. The van der Waals surface area contributed by atoms with E-state index >= 15 is 4.39 Å². The van der Waals surface area contributed by atoms with E-state index < -0.39 is 0 Å². The molecule has 6 nitrogen and oxygen atoms in total. The number of carbonyl (C=O) groups excluding carboxylic acids is 1. The van der Waals surface area contributed by atoms with Gasteiger partial charge in [-0.15, -0.1) is 0 Å². The normalized spacial score (nSPS) is 18.0. The Hall–Kier alpha value is -2.81. The van der Waals surface area contributed by atoms with Gasteiger partial charge in [-0.05, 0) is 80.6 Å². The second-order valence-electron chi connectivity index (χ2n) is 9.19. The number of halogens is 1. The molecule has 6 rings (SSSR count). The maximum absolute atomic E-state index is 15.1. The van der Waals surface area contributed by atoms with Gasteiger partial charge in [-0.25, -0.2) is 9.37 Å². The van der Waals surface area contributed by atoms with Crippen molar-refractivity contribution in [3.05, 3.63) is 59.5 Å². The fraction of sp³-hybridized carbons (Fsp3) is 0.385. The topological polar surface area (TPSA) is 67.7 Å². The zero-order chi connectivity index (χ0) is 23.1. The largest absolute Gasteiger partial charge is 0.381 e. The molecule has 2 saturated heterocycles. The number of hydrogen-bond donors (Lipinski definition) is 2. The van der Waals surface area contributed by atoms with Crippen LogP contribution < -0.4 is 10.6 Å². The first-order valence-electron chi connectivity index (χ1n) is 12.0. The number of aromatic nitrogens is 2. The number of ether oxygens (including phenoxy) is 1. The second kappa shape index (κ2) is 9.09. The summed E-state index contributed by atoms with van der Waals surface area (Å²) in [6.45, 7) is 3.35. The van der Waals surface area contributed by atoms with Crippen molar-refractivity contribution in [3.63, 3.8) is 0 Å². The van der Waals surface area contributed by atoms with E-state index in [1.807, 2.05) is 40.9 Å². The number of fused-ring (bicyclic) bond motifs is 3. The van der Waals surface area contributed by atoms with Gasteiger partial charge in [-0.3, -0.25) is 9.20 Å². The van der Waals surface area contributed by atoms with Crippen molar-refractivity contribution in [3.8, 4) is 11.3 Å². The lowest BCUT2D eigenvalue weighted by Crippen LogP contribution is -2.38. The van der Waals surface area contributed by atoms with Gasteiger partial charge in [-0.1, -0.05) is 17.4 Å². The molecule has 0 unspecified atom stereocenters. The first kappa shape index (κ1) is 21.7. The molecule has 2 aromatic heterocycles. The zero-order valence-corrected chi connectivity index (χ0v) is 19.7. The van der Waals surface area contributed by atoms with Crippen LogP contribution in [0.3, 0.4) is 0 Å². The van der Waals surface area contributed by atoms with Gasteiger partial charge in [0.2, 0.25) is 0 Å². The van der Waals surface area contributed by atoms with Crippen LogP contribution in [0.2, 0.25) is 0 Å². The molecule has 4 aromatic rings. The van der Waals surface area contributed by atoms with Crippen molar-refractivity contribution in [1.29, 1.82) is 0 Å². The summed E-state index contributed by atoms with van der Waals surface area (Å²) in [5, 5.41) is 6.47. The number of carbonyl (C=O) groups is 1. The molecule has 8 heteroatoms. The highest BCUT2D eigenvalue weighted by Gasteiger charge is 2.20. The fourth-order valence-electron chi connectivity index (χ4n) is 5.03. The van der Waals surface area contributed by atoms with Crippen molar-refractivity contribution < 1.29 is 13.9 Å². The minimum atomic E-state index is -0.224. The van der Waals surface area contributed by atoms with Gasteiger partial charge < -0.3 is 15.4 Å². The average molecular weight is 479 g/mol. The molecule has 0 aliphatic carbocycles. The van der Waals surface area contributed by atoms with Crippen molar-refractivity contribution in [1.82, 2.24) is 20.0 Å². The van der Waals surface area contributed by atoms with Gasteiger partial charge in [-0.2, -0.15) is 0 Å². The standard InChI is InChI=1S/C26H27FN4O2S/c27-21-13-17(16-5-9-28-10-6-16)1-3-20(21)22-15-31-23-4-2-18(14-24(23)34-26(31)30-22)25(32)29-19-7-11-33-12-8-19/h1-4,13-16,19,28H,5-12H2,(H,29,32). The lowest BCUT2D eigenvalue weighted by Gasteiger charge is -2.23. The van der Waals surface area contributed by atoms with Crippen molar-refractivity contribution in [2.75, 3.05) is 26.3 Å². The molecule has 2 aromatic carbocycles. The van der Waals surface area contributed by atoms with Gasteiger partial charge in [0.15, 0.2) is 4.96 Å². The lowest BCUT2D eigenvalue weighted by molar-refractivity contribution is 0.0696. The summed E-state index contributed by atoms with van der Waals surface area (Å²) in [4.78, 5) is 18.2. The van der Waals surface area contributed by atoms with Gasteiger partial charge in [0, 0.05) is 36.6 Å². The third-order valence-corrected chi connectivity index (χ3v) is 8.01. The summed E-state index contributed by atoms with van der Waals surface area (Å²) in [5.41, 5.74) is 3.83. The summed E-state index contributed by atoms with van der Waals surface area (Å²) in [6.07, 6.45) is 5.66. The molecule has 0 radical (unpaired) electrons. The molecule has 176 valence electrons. The number of piperidine rings is 1. The third kappa shape index (κ3) is 4.10. The summed E-state index contributed by atoms with van der Waals surface area (Å²) in [7, 11) is 0. The van der Waals surface area contributed by atoms with Crippen LogP contribution in [-0.2, 0) is 4.74 Å². The number of rotatable bonds is 4. The monoisotopic (exact) mass is 478 g/mol. The number of nitrogens with one attached hydrogen (secondary N) is 2. The molecule has 0 atom stereocenters. The van der Waals surface area contributed by atoms with Crippen molar-refractivity contribution in [2.45, 2.75) is 37.6 Å². The first-order valence-corrected chi connectivity index (χ1v) is 12.8. The van der Waals surface area contributed by atoms with E-state index in [1.165, 1.54) is 11.3 Å². The molecule has 1 amide bonds. The van der Waals surface area contributed by atoms with Crippen LogP contribution in [0, 0.1) is 5.82 Å². The Labute approximate surface area is 201 Å². The molecule has 4 heterocycles. The summed E-state index contributed by atoms with van der Waals surface area (Å²) < 4.78 is 23.4. The number of nitrogens with zero attached hydrogens (tertiary/aromatic N) is 2. The van der Waals surface area contributed by atoms with E-state index in [0.717, 1.165) is 59.5 Å². The van der Waals surface area contributed by atoms with E-state index in [4.69, 9.17) is 9.72 Å². The van der Waals surface area contributed by atoms with Crippen molar-refractivity contribution in [2.24, 2.45) is 0 Å². The summed E-state index contributed by atoms with van der Waals surface area (Å²) >= 11 is 1.51. The van der Waals surface area contributed by atoms with Crippen molar-refractivity contribution >= 4 is 32.4 Å².